The van der Waals surface area contributed by atoms with Crippen molar-refractivity contribution in [1.82, 2.24) is 0 Å². The average Bonchev–Trinajstić information content (AvgIpc) is 2.10. The van der Waals surface area contributed by atoms with Gasteiger partial charge in [-0.25, -0.2) is 4.79 Å². The minimum Gasteiger partial charge on any atom is -0.449 e. The van der Waals surface area contributed by atoms with Gasteiger partial charge in [-0.15, -0.1) is 6.42 Å². The van der Waals surface area contributed by atoms with Crippen LogP contribution in [0.3, 0.4) is 0 Å². The highest BCUT2D eigenvalue weighted by atomic mass is 28.3. The van der Waals surface area contributed by atoms with E-state index in [1.807, 2.05) is 19.6 Å². The molecule has 0 rings (SSSR count). The second-order valence-corrected chi connectivity index (χ2v) is 9.16. The topological polar surface area (TPSA) is 50.1 Å². The van der Waals surface area contributed by atoms with Crippen LogP contribution in [0.25, 0.3) is 0 Å². The zero-order chi connectivity index (χ0) is 11.4. The summed E-state index contributed by atoms with van der Waals surface area (Å²) in [5, 5.41) is 8.40. The molecule has 0 aromatic carbocycles. The van der Waals surface area contributed by atoms with Gasteiger partial charge in [-0.3, -0.25) is 0 Å². The van der Waals surface area contributed by atoms with E-state index in [1.165, 1.54) is 0 Å². The molecule has 0 aromatic rings. The Bertz CT molecular complexity index is 328. The van der Waals surface area contributed by atoms with E-state index in [4.69, 9.17) is 16.4 Å². The Morgan fingerprint density at radius 2 is 2.07 bits per heavy atom. The van der Waals surface area contributed by atoms with Gasteiger partial charge < -0.3 is 4.74 Å². The molecule has 3 nitrogen and oxygen atoms in total. The first-order valence-corrected chi connectivity index (χ1v) is 7.66. The van der Waals surface area contributed by atoms with Crippen LogP contribution < -0.4 is 0 Å². The third-order valence-electron chi connectivity index (χ3n) is 1.54. The van der Waals surface area contributed by atoms with Crippen molar-refractivity contribution < 1.29 is 9.53 Å². The van der Waals surface area contributed by atoms with Crippen molar-refractivity contribution in [3.63, 3.8) is 0 Å². The number of rotatable bonds is 3. The van der Waals surface area contributed by atoms with Crippen LogP contribution in [-0.2, 0) is 9.53 Å². The summed E-state index contributed by atoms with van der Waals surface area (Å²) in [6.45, 7) is 9.21. The lowest BCUT2D eigenvalue weighted by Crippen LogP contribution is -2.40. The molecule has 14 heavy (non-hydrogen) atoms. The molecule has 0 amide bonds. The van der Waals surface area contributed by atoms with Crippen LogP contribution in [0.5, 0.6) is 0 Å². The maximum atomic E-state index is 11.2. The molecule has 0 aromatic heterocycles. The number of esters is 1. The average molecular weight is 207 g/mol. The Hall–Kier alpha value is -1.52. The molecule has 0 spiro atoms. The molecular formula is C10H13NO2Si. The first kappa shape index (κ1) is 12.5. The molecule has 0 saturated heterocycles. The molecule has 0 saturated carbocycles. The van der Waals surface area contributed by atoms with Gasteiger partial charge in [-0.1, -0.05) is 32.1 Å². The molecule has 0 aliphatic carbocycles. The van der Waals surface area contributed by atoms with Gasteiger partial charge >= 0.3 is 5.97 Å². The van der Waals surface area contributed by atoms with Crippen molar-refractivity contribution in [3.8, 4) is 18.4 Å². The summed E-state index contributed by atoms with van der Waals surface area (Å²) in [5.41, 5.74) is -0.733. The lowest BCUT2D eigenvalue weighted by atomic mass is 10.3. The zero-order valence-corrected chi connectivity index (χ0v) is 9.63. The van der Waals surface area contributed by atoms with E-state index in [0.717, 1.165) is 0 Å². The molecule has 4 heteroatoms. The highest BCUT2D eigenvalue weighted by Gasteiger charge is 2.29. The second-order valence-electron chi connectivity index (χ2n) is 3.91. The lowest BCUT2D eigenvalue weighted by molar-refractivity contribution is -0.138. The monoisotopic (exact) mass is 207 g/mol. The quantitative estimate of drug-likeness (QED) is 0.232. The van der Waals surface area contributed by atoms with Crippen molar-refractivity contribution in [1.29, 1.82) is 5.26 Å². The molecule has 0 fully saturated rings. The third-order valence-corrected chi connectivity index (χ3v) is 3.40. The second kappa shape index (κ2) is 4.64. The van der Waals surface area contributed by atoms with E-state index in [2.05, 4.69) is 12.5 Å². The van der Waals surface area contributed by atoms with E-state index < -0.39 is 19.8 Å². The van der Waals surface area contributed by atoms with E-state index in [0.29, 0.717) is 0 Å². The number of hydrogen-bond donors (Lipinski definition) is 0. The predicted molar refractivity (Wildman–Crippen MR) is 56.8 cm³/mol. The number of carbonyl (C=O) groups excluding carboxylic acids is 1. The Kier molecular flexibility index (Phi) is 4.14. The highest BCUT2D eigenvalue weighted by Crippen LogP contribution is 2.12. The van der Waals surface area contributed by atoms with Crippen LogP contribution >= 0.6 is 0 Å². The van der Waals surface area contributed by atoms with Crippen LogP contribution in [0.15, 0.2) is 12.2 Å². The largest absolute Gasteiger partial charge is 0.449 e. The van der Waals surface area contributed by atoms with Crippen LogP contribution in [0.1, 0.15) is 0 Å². The fourth-order valence-corrected chi connectivity index (χ4v) is 1.65. The number of terminal acetylenes is 1. The van der Waals surface area contributed by atoms with Crippen LogP contribution in [0, 0.1) is 23.7 Å². The number of hydrogen-bond acceptors (Lipinski definition) is 3. The number of ether oxygens (including phenoxy) is 1. The van der Waals surface area contributed by atoms with Crippen molar-refractivity contribution in [3.05, 3.63) is 12.2 Å². The summed E-state index contributed by atoms with van der Waals surface area (Å²) in [6, 6.07) is 1.62. The smallest absolute Gasteiger partial charge is 0.349 e. The van der Waals surface area contributed by atoms with E-state index >= 15 is 0 Å². The van der Waals surface area contributed by atoms with E-state index in [1.54, 1.807) is 6.07 Å². The Morgan fingerprint density at radius 3 is 2.36 bits per heavy atom. The summed E-state index contributed by atoms with van der Waals surface area (Å²) in [7, 11) is -1.74. The van der Waals surface area contributed by atoms with Crippen LogP contribution in [-0.4, -0.2) is 19.8 Å². The van der Waals surface area contributed by atoms with Crippen LogP contribution in [0.4, 0.5) is 0 Å². The molecule has 1 unspecified atom stereocenters. The van der Waals surface area contributed by atoms with Gasteiger partial charge in [0.15, 0.2) is 0 Å². The highest BCUT2D eigenvalue weighted by molar-refractivity contribution is 6.78. The maximum absolute atomic E-state index is 11.2. The third kappa shape index (κ3) is 3.47. The van der Waals surface area contributed by atoms with Gasteiger partial charge in [0.1, 0.15) is 25.4 Å². The molecule has 0 radical (unpaired) electrons. The normalized spacial score (nSPS) is 12.1. The van der Waals surface area contributed by atoms with Crippen LogP contribution in [0.2, 0.25) is 19.6 Å². The molecule has 0 aliphatic heterocycles. The SMILES string of the molecule is C#CC(OC(=O)C(=C)C#N)[Si](C)(C)C. The molecule has 0 heterocycles. The first-order chi connectivity index (χ1) is 6.32. The summed E-state index contributed by atoms with van der Waals surface area (Å²) in [5.74, 6) is 1.70. The summed E-state index contributed by atoms with van der Waals surface area (Å²) < 4.78 is 4.98. The molecule has 74 valence electrons. The van der Waals surface area contributed by atoms with Gasteiger partial charge in [0.25, 0.3) is 0 Å². The standard InChI is InChI=1S/C10H13NO2Si/c1-6-9(14(3,4)5)13-10(12)8(2)7-11/h1,9H,2H2,3-5H3. The van der Waals surface area contributed by atoms with Crippen molar-refractivity contribution in [2.45, 2.75) is 25.4 Å². The molecular weight excluding hydrogens is 194 g/mol. The zero-order valence-electron chi connectivity index (χ0n) is 8.63. The number of nitriles is 1. The summed E-state index contributed by atoms with van der Waals surface area (Å²) in [6.07, 6.45) is 5.24. The van der Waals surface area contributed by atoms with E-state index in [-0.39, 0.29) is 5.57 Å². The van der Waals surface area contributed by atoms with Gasteiger partial charge in [-0.05, 0) is 0 Å². The number of nitrogens with zero attached hydrogens (tertiary/aromatic N) is 1. The van der Waals surface area contributed by atoms with E-state index in [9.17, 15) is 4.79 Å². The van der Waals surface area contributed by atoms with Gasteiger partial charge in [0.2, 0.25) is 0 Å². The van der Waals surface area contributed by atoms with Crippen molar-refractivity contribution in [2.24, 2.45) is 0 Å². The fraction of sp³-hybridized carbons (Fsp3) is 0.400. The Morgan fingerprint density at radius 1 is 1.57 bits per heavy atom. The van der Waals surface area contributed by atoms with Crippen molar-refractivity contribution in [2.75, 3.05) is 0 Å². The molecule has 0 N–H and O–H groups in total. The minimum absolute atomic E-state index is 0.219. The van der Waals surface area contributed by atoms with Gasteiger partial charge in [-0.2, -0.15) is 5.26 Å². The van der Waals surface area contributed by atoms with Gasteiger partial charge in [0.05, 0.1) is 0 Å². The minimum atomic E-state index is -1.74. The lowest BCUT2D eigenvalue weighted by Gasteiger charge is -2.23. The molecule has 0 bridgehead atoms. The number of carbonyl (C=O) groups is 1. The maximum Gasteiger partial charge on any atom is 0.349 e. The Balaban J connectivity index is 4.54. The fourth-order valence-electron chi connectivity index (χ4n) is 0.685. The van der Waals surface area contributed by atoms with Gasteiger partial charge in [0, 0.05) is 0 Å². The first-order valence-electron chi connectivity index (χ1n) is 4.09. The van der Waals surface area contributed by atoms with Crippen molar-refractivity contribution >= 4 is 14.0 Å². The predicted octanol–water partition coefficient (Wildman–Crippen LogP) is 1.49. The summed E-state index contributed by atoms with van der Waals surface area (Å²) >= 11 is 0. The Labute approximate surface area is 85.4 Å². The molecule has 1 atom stereocenters. The molecule has 0 aliphatic rings. The summed E-state index contributed by atoms with van der Waals surface area (Å²) in [4.78, 5) is 11.2.